The third-order valence-electron chi connectivity index (χ3n) is 2.98. The molecule has 0 aliphatic rings. The lowest BCUT2D eigenvalue weighted by Gasteiger charge is -2.14. The molecule has 0 saturated heterocycles. The molecule has 2 N–H and O–H groups in total. The zero-order chi connectivity index (χ0) is 15.1. The Kier molecular flexibility index (Phi) is 6.18. The molecule has 1 rings (SSSR count). The van der Waals surface area contributed by atoms with Gasteiger partial charge in [-0.2, -0.15) is 0 Å². The number of anilines is 2. The second-order valence-corrected chi connectivity index (χ2v) is 4.70. The van der Waals surface area contributed by atoms with Crippen molar-refractivity contribution < 1.29 is 14.3 Å². The van der Waals surface area contributed by atoms with Gasteiger partial charge in [-0.3, -0.25) is 9.59 Å². The highest BCUT2D eigenvalue weighted by Gasteiger charge is 2.13. The van der Waals surface area contributed by atoms with E-state index in [0.29, 0.717) is 17.8 Å². The molecular weight excluding hydrogens is 256 g/mol. The first-order chi connectivity index (χ1) is 9.47. The molecule has 0 bridgehead atoms. The Labute approximate surface area is 119 Å². The molecule has 1 aromatic rings. The van der Waals surface area contributed by atoms with Crippen LogP contribution in [0.3, 0.4) is 0 Å². The minimum Gasteiger partial charge on any atom is -0.372 e. The summed E-state index contributed by atoms with van der Waals surface area (Å²) in [5.74, 6) is -0.244. The molecule has 0 aliphatic carbocycles. The Hall–Kier alpha value is -1.88. The molecule has 2 amide bonds. The summed E-state index contributed by atoms with van der Waals surface area (Å²) >= 11 is 0. The predicted molar refractivity (Wildman–Crippen MR) is 79.8 cm³/mol. The lowest BCUT2D eigenvalue weighted by molar-refractivity contribution is -0.124. The minimum absolute atomic E-state index is 0.0288. The van der Waals surface area contributed by atoms with Gasteiger partial charge < -0.3 is 15.4 Å². The van der Waals surface area contributed by atoms with Crippen molar-refractivity contribution in [1.29, 1.82) is 0 Å². The van der Waals surface area contributed by atoms with Gasteiger partial charge in [0.15, 0.2) is 0 Å². The largest absolute Gasteiger partial charge is 0.372 e. The summed E-state index contributed by atoms with van der Waals surface area (Å²) in [6.45, 7) is 5.52. The van der Waals surface area contributed by atoms with Crippen LogP contribution in [0.2, 0.25) is 0 Å². The maximum atomic E-state index is 11.8. The van der Waals surface area contributed by atoms with E-state index < -0.39 is 6.10 Å². The van der Waals surface area contributed by atoms with Gasteiger partial charge in [-0.25, -0.2) is 0 Å². The van der Waals surface area contributed by atoms with Crippen molar-refractivity contribution in [3.8, 4) is 0 Å². The van der Waals surface area contributed by atoms with Crippen molar-refractivity contribution in [2.45, 2.75) is 39.7 Å². The number of methoxy groups -OCH3 is 1. The SMILES string of the molecule is CCCC(=O)Nc1ccc(C)c(NC(=O)C(C)OC)c1. The number of rotatable bonds is 6. The van der Waals surface area contributed by atoms with Gasteiger partial charge in [0.2, 0.25) is 5.91 Å². The molecule has 0 saturated carbocycles. The van der Waals surface area contributed by atoms with E-state index in [2.05, 4.69) is 10.6 Å². The summed E-state index contributed by atoms with van der Waals surface area (Å²) in [4.78, 5) is 23.4. The molecule has 5 nitrogen and oxygen atoms in total. The van der Waals surface area contributed by atoms with Crippen LogP contribution in [0.4, 0.5) is 11.4 Å². The summed E-state index contributed by atoms with van der Waals surface area (Å²) in [5, 5.41) is 5.60. The first-order valence-electron chi connectivity index (χ1n) is 6.72. The Morgan fingerprint density at radius 2 is 2.00 bits per heavy atom. The number of hydrogen-bond donors (Lipinski definition) is 2. The highest BCUT2D eigenvalue weighted by Crippen LogP contribution is 2.21. The average Bonchev–Trinajstić information content (AvgIpc) is 2.41. The van der Waals surface area contributed by atoms with Crippen LogP contribution in [-0.2, 0) is 14.3 Å². The first kappa shape index (κ1) is 16.2. The maximum absolute atomic E-state index is 11.8. The van der Waals surface area contributed by atoms with Crippen molar-refractivity contribution in [3.63, 3.8) is 0 Å². The summed E-state index contributed by atoms with van der Waals surface area (Å²) < 4.78 is 4.97. The van der Waals surface area contributed by atoms with Crippen molar-refractivity contribution >= 4 is 23.2 Å². The normalized spacial score (nSPS) is 11.8. The fraction of sp³-hybridized carbons (Fsp3) is 0.467. The van der Waals surface area contributed by atoms with E-state index in [0.717, 1.165) is 12.0 Å². The van der Waals surface area contributed by atoms with Crippen molar-refractivity contribution in [2.75, 3.05) is 17.7 Å². The summed E-state index contributed by atoms with van der Waals surface area (Å²) in [6, 6.07) is 5.43. The molecule has 1 atom stereocenters. The van der Waals surface area contributed by atoms with Gasteiger partial charge in [-0.15, -0.1) is 0 Å². The molecule has 110 valence electrons. The number of ether oxygens (including phenoxy) is 1. The van der Waals surface area contributed by atoms with Gasteiger partial charge in [0.05, 0.1) is 0 Å². The molecule has 0 heterocycles. The van der Waals surface area contributed by atoms with Crippen LogP contribution in [0.1, 0.15) is 32.3 Å². The molecule has 0 aliphatic heterocycles. The molecular formula is C15H22N2O3. The standard InChI is InChI=1S/C15H22N2O3/c1-5-6-14(18)16-12-8-7-10(2)13(9-12)17-15(19)11(3)20-4/h7-9,11H,5-6H2,1-4H3,(H,16,18)(H,17,19). The fourth-order valence-corrected chi connectivity index (χ4v) is 1.63. The monoisotopic (exact) mass is 278 g/mol. The first-order valence-corrected chi connectivity index (χ1v) is 6.72. The number of hydrogen-bond acceptors (Lipinski definition) is 3. The minimum atomic E-state index is -0.521. The molecule has 1 aromatic carbocycles. The topological polar surface area (TPSA) is 67.4 Å². The van der Waals surface area contributed by atoms with E-state index in [-0.39, 0.29) is 11.8 Å². The molecule has 0 spiro atoms. The van der Waals surface area contributed by atoms with Gasteiger partial charge in [0.1, 0.15) is 6.10 Å². The Bertz CT molecular complexity index is 486. The number of amides is 2. The quantitative estimate of drug-likeness (QED) is 0.840. The van der Waals surface area contributed by atoms with E-state index in [9.17, 15) is 9.59 Å². The number of carbonyl (C=O) groups is 2. The van der Waals surface area contributed by atoms with E-state index in [1.807, 2.05) is 26.0 Å². The molecule has 5 heteroatoms. The zero-order valence-electron chi connectivity index (χ0n) is 12.4. The van der Waals surface area contributed by atoms with E-state index in [1.54, 1.807) is 13.0 Å². The molecule has 1 unspecified atom stereocenters. The van der Waals surface area contributed by atoms with Gasteiger partial charge in [-0.05, 0) is 38.0 Å². The maximum Gasteiger partial charge on any atom is 0.253 e. The van der Waals surface area contributed by atoms with Crippen LogP contribution in [0, 0.1) is 6.92 Å². The van der Waals surface area contributed by atoms with Crippen molar-refractivity contribution in [1.82, 2.24) is 0 Å². The fourth-order valence-electron chi connectivity index (χ4n) is 1.63. The highest BCUT2D eigenvalue weighted by molar-refractivity contribution is 5.96. The van der Waals surface area contributed by atoms with E-state index in [1.165, 1.54) is 7.11 Å². The summed E-state index contributed by atoms with van der Waals surface area (Å²) in [6.07, 6.45) is 0.760. The van der Waals surface area contributed by atoms with Gasteiger partial charge in [0.25, 0.3) is 5.91 Å². The third-order valence-corrected chi connectivity index (χ3v) is 2.98. The number of aryl methyl sites for hydroxylation is 1. The van der Waals surface area contributed by atoms with Crippen molar-refractivity contribution in [3.05, 3.63) is 23.8 Å². The summed E-state index contributed by atoms with van der Waals surface area (Å²) in [7, 11) is 1.48. The zero-order valence-corrected chi connectivity index (χ0v) is 12.4. The highest BCUT2D eigenvalue weighted by atomic mass is 16.5. The Morgan fingerprint density at radius 1 is 1.30 bits per heavy atom. The smallest absolute Gasteiger partial charge is 0.253 e. The van der Waals surface area contributed by atoms with Gasteiger partial charge in [-0.1, -0.05) is 13.0 Å². The molecule has 20 heavy (non-hydrogen) atoms. The van der Waals surface area contributed by atoms with Crippen LogP contribution in [0.5, 0.6) is 0 Å². The lowest BCUT2D eigenvalue weighted by atomic mass is 10.1. The third kappa shape index (κ3) is 4.66. The Balaban J connectivity index is 2.81. The number of nitrogens with one attached hydrogen (secondary N) is 2. The van der Waals surface area contributed by atoms with Crippen molar-refractivity contribution in [2.24, 2.45) is 0 Å². The van der Waals surface area contributed by atoms with Crippen LogP contribution >= 0.6 is 0 Å². The number of benzene rings is 1. The van der Waals surface area contributed by atoms with E-state index >= 15 is 0 Å². The predicted octanol–water partition coefficient (Wildman–Crippen LogP) is 2.71. The van der Waals surface area contributed by atoms with Crippen LogP contribution in [-0.4, -0.2) is 25.0 Å². The van der Waals surface area contributed by atoms with Crippen LogP contribution in [0.15, 0.2) is 18.2 Å². The van der Waals surface area contributed by atoms with Crippen LogP contribution < -0.4 is 10.6 Å². The molecule has 0 radical (unpaired) electrons. The number of carbonyl (C=O) groups excluding carboxylic acids is 2. The van der Waals surface area contributed by atoms with Gasteiger partial charge >= 0.3 is 0 Å². The second kappa shape index (κ2) is 7.65. The van der Waals surface area contributed by atoms with Gasteiger partial charge in [0, 0.05) is 24.9 Å². The molecule has 0 aromatic heterocycles. The lowest BCUT2D eigenvalue weighted by Crippen LogP contribution is -2.26. The second-order valence-electron chi connectivity index (χ2n) is 4.70. The van der Waals surface area contributed by atoms with E-state index in [4.69, 9.17) is 4.74 Å². The van der Waals surface area contributed by atoms with Crippen LogP contribution in [0.25, 0.3) is 0 Å². The summed E-state index contributed by atoms with van der Waals surface area (Å²) in [5.41, 5.74) is 2.28. The Morgan fingerprint density at radius 3 is 2.60 bits per heavy atom. The average molecular weight is 278 g/mol. The molecule has 0 fully saturated rings.